The monoisotopic (exact) mass is 268 g/mol. The van der Waals surface area contributed by atoms with Crippen molar-refractivity contribution >= 4 is 0 Å². The van der Waals surface area contributed by atoms with Crippen LogP contribution >= 0.6 is 0 Å². The summed E-state index contributed by atoms with van der Waals surface area (Å²) in [6.45, 7) is 1.36. The zero-order valence-corrected chi connectivity index (χ0v) is 11.5. The molecule has 104 valence electrons. The number of hydrogen-bond donors (Lipinski definition) is 2. The summed E-state index contributed by atoms with van der Waals surface area (Å²) in [5.74, 6) is 1.00. The number of rotatable bonds is 3. The van der Waals surface area contributed by atoms with Crippen LogP contribution < -0.4 is 16.2 Å². The van der Waals surface area contributed by atoms with Crippen molar-refractivity contribution in [2.24, 2.45) is 11.5 Å². The van der Waals surface area contributed by atoms with Crippen molar-refractivity contribution in [3.8, 4) is 5.75 Å². The Morgan fingerprint density at radius 3 is 2.80 bits per heavy atom. The molecule has 3 rings (SSSR count). The molecule has 1 heterocycles. The minimum absolute atomic E-state index is 0.117. The maximum Gasteiger partial charge on any atom is 0.122 e. The Balaban J connectivity index is 1.91. The molecular formula is C17H20N2O. The summed E-state index contributed by atoms with van der Waals surface area (Å²) in [6, 6.07) is 14.3. The van der Waals surface area contributed by atoms with Gasteiger partial charge >= 0.3 is 0 Å². The van der Waals surface area contributed by atoms with Crippen LogP contribution in [0.25, 0.3) is 0 Å². The summed E-state index contributed by atoms with van der Waals surface area (Å²) in [5.41, 5.74) is 16.7. The lowest BCUT2D eigenvalue weighted by Gasteiger charge is -2.20. The van der Waals surface area contributed by atoms with E-state index < -0.39 is 0 Å². The van der Waals surface area contributed by atoms with Crippen LogP contribution in [-0.4, -0.2) is 6.61 Å². The number of ether oxygens (including phenoxy) is 1. The molecule has 0 radical (unpaired) electrons. The molecule has 4 N–H and O–H groups in total. The minimum atomic E-state index is -0.117. The maximum atomic E-state index is 6.39. The highest BCUT2D eigenvalue weighted by atomic mass is 16.5. The normalized spacial score (nSPS) is 15.3. The summed E-state index contributed by atoms with van der Waals surface area (Å²) in [4.78, 5) is 0. The summed E-state index contributed by atoms with van der Waals surface area (Å²) in [6.07, 6.45) is 2.15. The molecule has 0 spiro atoms. The van der Waals surface area contributed by atoms with Crippen LogP contribution in [-0.2, 0) is 13.0 Å². The molecule has 20 heavy (non-hydrogen) atoms. The summed E-state index contributed by atoms with van der Waals surface area (Å²) in [7, 11) is 0. The van der Waals surface area contributed by atoms with E-state index in [1.807, 2.05) is 18.2 Å². The molecule has 0 fully saturated rings. The molecule has 0 amide bonds. The number of benzene rings is 2. The largest absolute Gasteiger partial charge is 0.493 e. The molecule has 0 saturated heterocycles. The van der Waals surface area contributed by atoms with Crippen LogP contribution in [0.3, 0.4) is 0 Å². The number of fused-ring (bicyclic) bond motifs is 1. The fourth-order valence-corrected chi connectivity index (χ4v) is 2.68. The predicted molar refractivity (Wildman–Crippen MR) is 80.6 cm³/mol. The summed E-state index contributed by atoms with van der Waals surface area (Å²) in [5, 5.41) is 0. The van der Waals surface area contributed by atoms with Gasteiger partial charge in [0.1, 0.15) is 5.75 Å². The third-order valence-corrected chi connectivity index (χ3v) is 3.84. The van der Waals surface area contributed by atoms with Crippen molar-refractivity contribution in [2.75, 3.05) is 6.61 Å². The van der Waals surface area contributed by atoms with Crippen LogP contribution in [0.4, 0.5) is 0 Å². The third-order valence-electron chi connectivity index (χ3n) is 3.84. The Kier molecular flexibility index (Phi) is 3.72. The van der Waals surface area contributed by atoms with Gasteiger partial charge in [0.15, 0.2) is 0 Å². The van der Waals surface area contributed by atoms with Crippen molar-refractivity contribution in [2.45, 2.75) is 25.4 Å². The van der Waals surface area contributed by atoms with Crippen LogP contribution in [0.15, 0.2) is 42.5 Å². The van der Waals surface area contributed by atoms with Gasteiger partial charge in [-0.2, -0.15) is 0 Å². The van der Waals surface area contributed by atoms with E-state index in [-0.39, 0.29) is 6.04 Å². The smallest absolute Gasteiger partial charge is 0.122 e. The quantitative estimate of drug-likeness (QED) is 0.899. The van der Waals surface area contributed by atoms with E-state index in [1.165, 1.54) is 5.56 Å². The Hall–Kier alpha value is -1.84. The van der Waals surface area contributed by atoms with Crippen molar-refractivity contribution in [3.63, 3.8) is 0 Å². The molecular weight excluding hydrogens is 248 g/mol. The standard InChI is InChI=1S/C17H20N2O/c18-11-12-3-1-4-14(9-12)17(19)15-6-7-16-13(10-15)5-2-8-20-16/h1,3-4,6-7,9-10,17H,2,5,8,11,18-19H2. The molecule has 3 nitrogen and oxygen atoms in total. The van der Waals surface area contributed by atoms with Gasteiger partial charge in [0.05, 0.1) is 12.6 Å². The lowest BCUT2D eigenvalue weighted by molar-refractivity contribution is 0.288. The second-order valence-electron chi connectivity index (χ2n) is 5.25. The van der Waals surface area contributed by atoms with Crippen molar-refractivity contribution in [1.82, 2.24) is 0 Å². The number of hydrogen-bond acceptors (Lipinski definition) is 3. The van der Waals surface area contributed by atoms with Crippen molar-refractivity contribution < 1.29 is 4.74 Å². The average molecular weight is 268 g/mol. The van der Waals surface area contributed by atoms with Crippen molar-refractivity contribution in [3.05, 3.63) is 64.7 Å². The van der Waals surface area contributed by atoms with Gasteiger partial charge in [-0.05, 0) is 41.2 Å². The molecule has 1 atom stereocenters. The first-order valence-electron chi connectivity index (χ1n) is 7.08. The molecule has 2 aromatic rings. The Morgan fingerprint density at radius 1 is 1.10 bits per heavy atom. The maximum absolute atomic E-state index is 6.39. The molecule has 0 aromatic heterocycles. The highest BCUT2D eigenvalue weighted by Crippen LogP contribution is 2.29. The molecule has 1 aliphatic heterocycles. The van der Waals surface area contributed by atoms with Gasteiger partial charge in [0.25, 0.3) is 0 Å². The molecule has 0 aliphatic carbocycles. The lowest BCUT2D eigenvalue weighted by Crippen LogP contribution is -2.14. The van der Waals surface area contributed by atoms with Gasteiger partial charge in [-0.1, -0.05) is 36.4 Å². The van der Waals surface area contributed by atoms with E-state index in [0.717, 1.165) is 41.9 Å². The molecule has 1 aliphatic rings. The molecule has 2 aromatic carbocycles. The molecule has 0 saturated carbocycles. The fourth-order valence-electron chi connectivity index (χ4n) is 2.68. The third kappa shape index (κ3) is 2.55. The fraction of sp³-hybridized carbons (Fsp3) is 0.294. The Bertz CT molecular complexity index is 610. The lowest BCUT2D eigenvalue weighted by atomic mass is 9.94. The second kappa shape index (κ2) is 5.65. The minimum Gasteiger partial charge on any atom is -0.493 e. The highest BCUT2D eigenvalue weighted by Gasteiger charge is 2.14. The van der Waals surface area contributed by atoms with Crippen LogP contribution in [0.1, 0.15) is 34.7 Å². The van der Waals surface area contributed by atoms with E-state index >= 15 is 0 Å². The predicted octanol–water partition coefficient (Wildman–Crippen LogP) is 2.52. The summed E-state index contributed by atoms with van der Waals surface area (Å²) < 4.78 is 5.64. The first kappa shape index (κ1) is 13.2. The van der Waals surface area contributed by atoms with Crippen LogP contribution in [0.2, 0.25) is 0 Å². The van der Waals surface area contributed by atoms with Gasteiger partial charge < -0.3 is 16.2 Å². The van der Waals surface area contributed by atoms with Crippen LogP contribution in [0, 0.1) is 0 Å². The topological polar surface area (TPSA) is 61.3 Å². The molecule has 0 bridgehead atoms. The van der Waals surface area contributed by atoms with Gasteiger partial charge in [-0.25, -0.2) is 0 Å². The van der Waals surface area contributed by atoms with E-state index in [2.05, 4.69) is 24.3 Å². The summed E-state index contributed by atoms with van der Waals surface area (Å²) >= 11 is 0. The van der Waals surface area contributed by atoms with Gasteiger partial charge in [-0.15, -0.1) is 0 Å². The molecule has 3 heteroatoms. The van der Waals surface area contributed by atoms with E-state index in [0.29, 0.717) is 6.54 Å². The van der Waals surface area contributed by atoms with E-state index in [1.54, 1.807) is 0 Å². The van der Waals surface area contributed by atoms with Crippen LogP contribution in [0.5, 0.6) is 5.75 Å². The second-order valence-corrected chi connectivity index (χ2v) is 5.25. The number of nitrogens with two attached hydrogens (primary N) is 2. The zero-order valence-electron chi connectivity index (χ0n) is 11.5. The van der Waals surface area contributed by atoms with Gasteiger partial charge in [0, 0.05) is 6.54 Å². The van der Waals surface area contributed by atoms with Crippen molar-refractivity contribution in [1.29, 1.82) is 0 Å². The van der Waals surface area contributed by atoms with Gasteiger partial charge in [-0.3, -0.25) is 0 Å². The van der Waals surface area contributed by atoms with Gasteiger partial charge in [0.2, 0.25) is 0 Å². The molecule has 1 unspecified atom stereocenters. The Morgan fingerprint density at radius 2 is 1.95 bits per heavy atom. The van der Waals surface area contributed by atoms with E-state index in [9.17, 15) is 0 Å². The first-order chi connectivity index (χ1) is 9.78. The average Bonchev–Trinajstić information content (AvgIpc) is 2.53. The first-order valence-corrected chi connectivity index (χ1v) is 7.08. The number of aryl methyl sites for hydroxylation is 1. The zero-order chi connectivity index (χ0) is 13.9. The SMILES string of the molecule is NCc1cccc(C(N)c2ccc3c(c2)CCCO3)c1. The van der Waals surface area contributed by atoms with E-state index in [4.69, 9.17) is 16.2 Å². The Labute approximate surface area is 119 Å². The highest BCUT2D eigenvalue weighted by molar-refractivity contribution is 5.42.